The Morgan fingerprint density at radius 1 is 1.27 bits per heavy atom. The summed E-state index contributed by atoms with van der Waals surface area (Å²) in [7, 11) is 0. The van der Waals surface area contributed by atoms with E-state index in [2.05, 4.69) is 9.55 Å². The lowest BCUT2D eigenvalue weighted by Crippen LogP contribution is -2.52. The van der Waals surface area contributed by atoms with Crippen molar-refractivity contribution in [3.8, 4) is 0 Å². The summed E-state index contributed by atoms with van der Waals surface area (Å²) < 4.78 is 7.07. The molecule has 120 valence electrons. The first kappa shape index (κ1) is 14.9. The topological polar surface area (TPSA) is 67.7 Å². The average Bonchev–Trinajstić information content (AvgIpc) is 3.02. The quantitative estimate of drug-likeness (QED) is 0.808. The lowest BCUT2D eigenvalue weighted by Gasteiger charge is -2.36. The second-order valence-corrected chi connectivity index (χ2v) is 5.78. The molecule has 0 aliphatic carbocycles. The second kappa shape index (κ2) is 6.37. The molecular formula is C15H22N4O3. The standard InChI is InChI=1S/C15H22N4O3/c1-2-22-15(21)18-7-5-17(6-8-18)14(20)12-3-4-13-9-16-11-19(13)10-12/h9,11-12H,2-8,10H2,1H3/t12-/m0/s1. The minimum Gasteiger partial charge on any atom is -0.450 e. The molecule has 1 saturated heterocycles. The number of fused-ring (bicyclic) bond motifs is 1. The van der Waals surface area contributed by atoms with Crippen LogP contribution in [0.2, 0.25) is 0 Å². The molecule has 0 bridgehead atoms. The van der Waals surface area contributed by atoms with Gasteiger partial charge in [-0.05, 0) is 19.8 Å². The first-order valence-corrected chi connectivity index (χ1v) is 7.88. The Balaban J connectivity index is 1.53. The van der Waals surface area contributed by atoms with Crippen molar-refractivity contribution in [1.82, 2.24) is 19.4 Å². The first-order valence-electron chi connectivity index (χ1n) is 7.88. The Morgan fingerprint density at radius 3 is 2.73 bits per heavy atom. The van der Waals surface area contributed by atoms with E-state index in [1.165, 1.54) is 5.69 Å². The maximum Gasteiger partial charge on any atom is 0.409 e. The van der Waals surface area contributed by atoms with Gasteiger partial charge in [0.15, 0.2) is 0 Å². The van der Waals surface area contributed by atoms with E-state index < -0.39 is 0 Å². The second-order valence-electron chi connectivity index (χ2n) is 5.78. The van der Waals surface area contributed by atoms with Crippen LogP contribution < -0.4 is 0 Å². The zero-order chi connectivity index (χ0) is 15.5. The van der Waals surface area contributed by atoms with Crippen LogP contribution in [0.4, 0.5) is 4.79 Å². The molecule has 3 rings (SSSR count). The number of hydrogen-bond acceptors (Lipinski definition) is 4. The fraction of sp³-hybridized carbons (Fsp3) is 0.667. The third-order valence-corrected chi connectivity index (χ3v) is 4.43. The first-order chi connectivity index (χ1) is 10.7. The zero-order valence-corrected chi connectivity index (χ0v) is 12.9. The Morgan fingerprint density at radius 2 is 2.00 bits per heavy atom. The summed E-state index contributed by atoms with van der Waals surface area (Å²) in [6, 6.07) is 0. The molecule has 0 spiro atoms. The predicted octanol–water partition coefficient (Wildman–Crippen LogP) is 0.746. The summed E-state index contributed by atoms with van der Waals surface area (Å²) in [6.45, 7) is 5.17. The molecule has 0 aromatic carbocycles. The third kappa shape index (κ3) is 2.93. The van der Waals surface area contributed by atoms with E-state index in [-0.39, 0.29) is 17.9 Å². The number of rotatable bonds is 2. The van der Waals surface area contributed by atoms with Crippen LogP contribution in [0.5, 0.6) is 0 Å². The highest BCUT2D eigenvalue weighted by Crippen LogP contribution is 2.22. The van der Waals surface area contributed by atoms with Crippen LogP contribution in [0.25, 0.3) is 0 Å². The maximum atomic E-state index is 12.6. The largest absolute Gasteiger partial charge is 0.450 e. The number of aromatic nitrogens is 2. The van der Waals surface area contributed by atoms with Crippen molar-refractivity contribution in [3.05, 3.63) is 18.2 Å². The maximum absolute atomic E-state index is 12.6. The van der Waals surface area contributed by atoms with Gasteiger partial charge in [-0.25, -0.2) is 9.78 Å². The van der Waals surface area contributed by atoms with Gasteiger partial charge in [-0.15, -0.1) is 0 Å². The Kier molecular flexibility index (Phi) is 4.31. The van der Waals surface area contributed by atoms with Crippen molar-refractivity contribution in [1.29, 1.82) is 0 Å². The van der Waals surface area contributed by atoms with Gasteiger partial charge in [-0.1, -0.05) is 0 Å². The van der Waals surface area contributed by atoms with Gasteiger partial charge in [0.05, 0.1) is 18.9 Å². The lowest BCUT2D eigenvalue weighted by atomic mass is 9.96. The molecule has 0 N–H and O–H groups in total. The fourth-order valence-corrected chi connectivity index (χ4v) is 3.16. The van der Waals surface area contributed by atoms with Crippen molar-refractivity contribution in [2.45, 2.75) is 26.3 Å². The fourth-order valence-electron chi connectivity index (χ4n) is 3.16. The highest BCUT2D eigenvalue weighted by atomic mass is 16.6. The van der Waals surface area contributed by atoms with E-state index >= 15 is 0 Å². The number of piperazine rings is 1. The lowest BCUT2D eigenvalue weighted by molar-refractivity contribution is -0.138. The highest BCUT2D eigenvalue weighted by molar-refractivity contribution is 5.79. The normalized spacial score (nSPS) is 21.4. The Labute approximate surface area is 129 Å². The summed E-state index contributed by atoms with van der Waals surface area (Å²) >= 11 is 0. The van der Waals surface area contributed by atoms with Crippen molar-refractivity contribution in [3.63, 3.8) is 0 Å². The van der Waals surface area contributed by atoms with Crippen LogP contribution in [-0.2, 0) is 22.5 Å². The molecule has 2 amide bonds. The number of carbonyl (C=O) groups is 2. The molecule has 22 heavy (non-hydrogen) atoms. The molecule has 7 nitrogen and oxygen atoms in total. The van der Waals surface area contributed by atoms with Crippen LogP contribution in [0, 0.1) is 5.92 Å². The van der Waals surface area contributed by atoms with E-state index in [4.69, 9.17) is 4.74 Å². The van der Waals surface area contributed by atoms with Crippen LogP contribution in [0.15, 0.2) is 12.5 Å². The smallest absolute Gasteiger partial charge is 0.409 e. The van der Waals surface area contributed by atoms with Crippen LogP contribution in [-0.4, -0.2) is 64.1 Å². The van der Waals surface area contributed by atoms with Crippen LogP contribution in [0.1, 0.15) is 19.0 Å². The van der Waals surface area contributed by atoms with E-state index in [1.54, 1.807) is 18.2 Å². The number of carbonyl (C=O) groups excluding carboxylic acids is 2. The van der Waals surface area contributed by atoms with Crippen molar-refractivity contribution < 1.29 is 14.3 Å². The molecule has 3 heterocycles. The molecule has 0 saturated carbocycles. The van der Waals surface area contributed by atoms with Crippen molar-refractivity contribution in [2.75, 3.05) is 32.8 Å². The minimum atomic E-state index is -0.282. The van der Waals surface area contributed by atoms with Gasteiger partial charge in [0.25, 0.3) is 0 Å². The van der Waals surface area contributed by atoms with Crippen molar-refractivity contribution >= 4 is 12.0 Å². The summed E-state index contributed by atoms with van der Waals surface area (Å²) in [5.41, 5.74) is 1.20. The van der Waals surface area contributed by atoms with Gasteiger partial charge in [-0.3, -0.25) is 4.79 Å². The van der Waals surface area contributed by atoms with Gasteiger partial charge in [0.2, 0.25) is 5.91 Å². The van der Waals surface area contributed by atoms with Gasteiger partial charge in [0.1, 0.15) is 0 Å². The van der Waals surface area contributed by atoms with Crippen LogP contribution in [0.3, 0.4) is 0 Å². The predicted molar refractivity (Wildman–Crippen MR) is 79.2 cm³/mol. The molecule has 2 aliphatic heterocycles. The van der Waals surface area contributed by atoms with E-state index in [0.717, 1.165) is 12.8 Å². The SMILES string of the molecule is CCOC(=O)N1CCN(C(=O)[C@H]2CCc3cncn3C2)CC1. The van der Waals surface area contributed by atoms with Crippen LogP contribution >= 0.6 is 0 Å². The number of ether oxygens (including phenoxy) is 1. The summed E-state index contributed by atoms with van der Waals surface area (Å²) in [5, 5.41) is 0. The Bertz CT molecular complexity index is 549. The molecule has 2 aliphatic rings. The van der Waals surface area contributed by atoms with Crippen molar-refractivity contribution in [2.24, 2.45) is 5.92 Å². The number of aryl methyl sites for hydroxylation is 1. The molecule has 1 aromatic rings. The van der Waals surface area contributed by atoms with Gasteiger partial charge in [0, 0.05) is 44.6 Å². The molecule has 1 aromatic heterocycles. The number of imidazole rings is 1. The number of hydrogen-bond donors (Lipinski definition) is 0. The number of amides is 2. The summed E-state index contributed by atoms with van der Waals surface area (Å²) in [5.74, 6) is 0.221. The minimum absolute atomic E-state index is 0.0239. The van der Waals surface area contributed by atoms with Gasteiger partial charge < -0.3 is 19.1 Å². The van der Waals surface area contributed by atoms with E-state index in [1.807, 2.05) is 11.1 Å². The number of nitrogens with zero attached hydrogens (tertiary/aromatic N) is 4. The molecule has 0 radical (unpaired) electrons. The van der Waals surface area contributed by atoms with E-state index in [0.29, 0.717) is 39.3 Å². The average molecular weight is 306 g/mol. The molecule has 1 fully saturated rings. The molecule has 1 atom stereocenters. The summed E-state index contributed by atoms with van der Waals surface area (Å²) in [6.07, 6.45) is 5.17. The third-order valence-electron chi connectivity index (χ3n) is 4.43. The van der Waals surface area contributed by atoms with Gasteiger partial charge in [-0.2, -0.15) is 0 Å². The monoisotopic (exact) mass is 306 g/mol. The Hall–Kier alpha value is -2.05. The summed E-state index contributed by atoms with van der Waals surface area (Å²) in [4.78, 5) is 32.0. The van der Waals surface area contributed by atoms with Gasteiger partial charge >= 0.3 is 6.09 Å². The highest BCUT2D eigenvalue weighted by Gasteiger charge is 2.31. The molecule has 0 unspecified atom stereocenters. The molecular weight excluding hydrogens is 284 g/mol. The zero-order valence-electron chi connectivity index (χ0n) is 12.9. The molecule has 7 heteroatoms. The van der Waals surface area contributed by atoms with E-state index in [9.17, 15) is 9.59 Å².